The standard InChI is InChI=1S/C12H25NO2/c1-3-12(10-11-4-5-11)13-6-7-15-9-8-14-2/h11-13H,3-10H2,1-2H3. The topological polar surface area (TPSA) is 30.5 Å². The van der Waals surface area contributed by atoms with Crippen molar-refractivity contribution < 1.29 is 9.47 Å². The number of nitrogens with one attached hydrogen (secondary N) is 1. The van der Waals surface area contributed by atoms with Gasteiger partial charge in [0.25, 0.3) is 0 Å². The first kappa shape index (κ1) is 12.9. The summed E-state index contributed by atoms with van der Waals surface area (Å²) in [5.74, 6) is 1.01. The van der Waals surface area contributed by atoms with Crippen LogP contribution >= 0.6 is 0 Å². The van der Waals surface area contributed by atoms with Crippen LogP contribution in [0.5, 0.6) is 0 Å². The number of hydrogen-bond donors (Lipinski definition) is 1. The van der Waals surface area contributed by atoms with Crippen LogP contribution in [0.25, 0.3) is 0 Å². The van der Waals surface area contributed by atoms with E-state index in [1.165, 1.54) is 25.7 Å². The first-order chi connectivity index (χ1) is 7.36. The molecular weight excluding hydrogens is 190 g/mol. The minimum Gasteiger partial charge on any atom is -0.382 e. The molecule has 1 unspecified atom stereocenters. The van der Waals surface area contributed by atoms with Crippen molar-refractivity contribution in [1.82, 2.24) is 5.32 Å². The van der Waals surface area contributed by atoms with Gasteiger partial charge in [-0.15, -0.1) is 0 Å². The molecule has 15 heavy (non-hydrogen) atoms. The van der Waals surface area contributed by atoms with E-state index in [1.807, 2.05) is 0 Å². The fourth-order valence-corrected chi connectivity index (χ4v) is 1.73. The Bertz CT molecular complexity index is 149. The second-order valence-electron chi connectivity index (χ2n) is 4.34. The Morgan fingerprint density at radius 1 is 1.27 bits per heavy atom. The highest BCUT2D eigenvalue weighted by Gasteiger charge is 2.24. The third kappa shape index (κ3) is 6.88. The Morgan fingerprint density at radius 3 is 2.67 bits per heavy atom. The predicted octanol–water partition coefficient (Wildman–Crippen LogP) is 1.82. The Hall–Kier alpha value is -0.120. The SMILES string of the molecule is CCC(CC1CC1)NCCOCCOC. The molecule has 0 bridgehead atoms. The molecule has 0 aliphatic heterocycles. The molecule has 3 nitrogen and oxygen atoms in total. The van der Waals surface area contributed by atoms with E-state index in [1.54, 1.807) is 7.11 Å². The van der Waals surface area contributed by atoms with E-state index in [2.05, 4.69) is 12.2 Å². The lowest BCUT2D eigenvalue weighted by atomic mass is 10.1. The molecule has 90 valence electrons. The molecule has 1 N–H and O–H groups in total. The van der Waals surface area contributed by atoms with Gasteiger partial charge in [-0.2, -0.15) is 0 Å². The molecular formula is C12H25NO2. The van der Waals surface area contributed by atoms with Gasteiger partial charge < -0.3 is 14.8 Å². The van der Waals surface area contributed by atoms with E-state index in [4.69, 9.17) is 9.47 Å². The molecule has 0 aromatic heterocycles. The maximum absolute atomic E-state index is 5.40. The lowest BCUT2D eigenvalue weighted by Gasteiger charge is -2.16. The molecule has 1 aliphatic rings. The van der Waals surface area contributed by atoms with E-state index < -0.39 is 0 Å². The van der Waals surface area contributed by atoms with E-state index in [0.29, 0.717) is 19.3 Å². The van der Waals surface area contributed by atoms with Crippen molar-refractivity contribution >= 4 is 0 Å². The summed E-state index contributed by atoms with van der Waals surface area (Å²) in [6.07, 6.45) is 5.48. The van der Waals surface area contributed by atoms with Gasteiger partial charge in [-0.05, 0) is 18.8 Å². The van der Waals surface area contributed by atoms with Crippen molar-refractivity contribution in [2.75, 3.05) is 33.5 Å². The minimum atomic E-state index is 0.694. The Morgan fingerprint density at radius 2 is 2.07 bits per heavy atom. The summed E-state index contributed by atoms with van der Waals surface area (Å²) in [7, 11) is 1.70. The summed E-state index contributed by atoms with van der Waals surface area (Å²) < 4.78 is 10.3. The van der Waals surface area contributed by atoms with Crippen molar-refractivity contribution in [3.63, 3.8) is 0 Å². The Kier molecular flexibility index (Phi) is 6.98. The van der Waals surface area contributed by atoms with Crippen LogP contribution in [0, 0.1) is 5.92 Å². The van der Waals surface area contributed by atoms with Crippen LogP contribution in [0.2, 0.25) is 0 Å². The number of methoxy groups -OCH3 is 1. The van der Waals surface area contributed by atoms with Gasteiger partial charge in [0.1, 0.15) is 0 Å². The quantitative estimate of drug-likeness (QED) is 0.564. The normalized spacial score (nSPS) is 18.0. The highest BCUT2D eigenvalue weighted by Crippen LogP contribution is 2.33. The van der Waals surface area contributed by atoms with Gasteiger partial charge in [0.05, 0.1) is 19.8 Å². The maximum atomic E-state index is 5.40. The fourth-order valence-electron chi connectivity index (χ4n) is 1.73. The summed E-state index contributed by atoms with van der Waals surface area (Å²) in [4.78, 5) is 0. The van der Waals surface area contributed by atoms with Gasteiger partial charge >= 0.3 is 0 Å². The average Bonchev–Trinajstić information content (AvgIpc) is 3.05. The van der Waals surface area contributed by atoms with Crippen molar-refractivity contribution in [3.05, 3.63) is 0 Å². The van der Waals surface area contributed by atoms with E-state index >= 15 is 0 Å². The van der Waals surface area contributed by atoms with E-state index in [-0.39, 0.29) is 0 Å². The highest BCUT2D eigenvalue weighted by molar-refractivity contribution is 4.79. The molecule has 1 fully saturated rings. The van der Waals surface area contributed by atoms with Crippen molar-refractivity contribution in [1.29, 1.82) is 0 Å². The molecule has 0 amide bonds. The first-order valence-corrected chi connectivity index (χ1v) is 6.16. The second-order valence-corrected chi connectivity index (χ2v) is 4.34. The summed E-state index contributed by atoms with van der Waals surface area (Å²) in [6, 6.07) is 0.698. The van der Waals surface area contributed by atoms with Crippen LogP contribution in [-0.2, 0) is 9.47 Å². The number of hydrogen-bond acceptors (Lipinski definition) is 3. The molecule has 0 aromatic carbocycles. The zero-order valence-electron chi connectivity index (χ0n) is 10.1. The van der Waals surface area contributed by atoms with E-state index in [9.17, 15) is 0 Å². The average molecular weight is 215 g/mol. The fraction of sp³-hybridized carbons (Fsp3) is 1.00. The van der Waals surface area contributed by atoms with Crippen molar-refractivity contribution in [2.24, 2.45) is 5.92 Å². The van der Waals surface area contributed by atoms with Crippen molar-refractivity contribution in [3.8, 4) is 0 Å². The van der Waals surface area contributed by atoms with Gasteiger partial charge in [0.2, 0.25) is 0 Å². The van der Waals surface area contributed by atoms with Crippen LogP contribution in [0.4, 0.5) is 0 Å². The van der Waals surface area contributed by atoms with Gasteiger partial charge in [-0.1, -0.05) is 19.8 Å². The monoisotopic (exact) mass is 215 g/mol. The molecule has 0 heterocycles. The molecule has 1 saturated carbocycles. The van der Waals surface area contributed by atoms with Crippen LogP contribution < -0.4 is 5.32 Å². The van der Waals surface area contributed by atoms with Crippen LogP contribution in [0.15, 0.2) is 0 Å². The molecule has 1 atom stereocenters. The molecule has 0 radical (unpaired) electrons. The molecule has 3 heteroatoms. The largest absolute Gasteiger partial charge is 0.382 e. The van der Waals surface area contributed by atoms with E-state index in [0.717, 1.165) is 19.1 Å². The summed E-state index contributed by atoms with van der Waals surface area (Å²) in [5.41, 5.74) is 0. The van der Waals surface area contributed by atoms with Gasteiger partial charge in [0, 0.05) is 19.7 Å². The lowest BCUT2D eigenvalue weighted by molar-refractivity contribution is 0.0708. The van der Waals surface area contributed by atoms with Crippen molar-refractivity contribution in [2.45, 2.75) is 38.6 Å². The van der Waals surface area contributed by atoms with Gasteiger partial charge in [-0.3, -0.25) is 0 Å². The Labute approximate surface area is 93.5 Å². The number of rotatable bonds is 10. The Balaban J connectivity index is 1.87. The summed E-state index contributed by atoms with van der Waals surface area (Å²) >= 11 is 0. The lowest BCUT2D eigenvalue weighted by Crippen LogP contribution is -2.32. The molecule has 0 aromatic rings. The first-order valence-electron chi connectivity index (χ1n) is 6.16. The summed E-state index contributed by atoms with van der Waals surface area (Å²) in [5, 5.41) is 3.55. The second kappa shape index (κ2) is 8.08. The minimum absolute atomic E-state index is 0.694. The van der Waals surface area contributed by atoms with Crippen LogP contribution in [0.1, 0.15) is 32.6 Å². The number of ether oxygens (including phenoxy) is 2. The zero-order chi connectivity index (χ0) is 10.9. The molecule has 0 spiro atoms. The summed E-state index contributed by atoms with van der Waals surface area (Å²) in [6.45, 7) is 5.42. The zero-order valence-corrected chi connectivity index (χ0v) is 10.1. The highest BCUT2D eigenvalue weighted by atomic mass is 16.5. The molecule has 1 rings (SSSR count). The smallest absolute Gasteiger partial charge is 0.0700 e. The van der Waals surface area contributed by atoms with Gasteiger partial charge in [-0.25, -0.2) is 0 Å². The van der Waals surface area contributed by atoms with Gasteiger partial charge in [0.15, 0.2) is 0 Å². The molecule has 1 aliphatic carbocycles. The maximum Gasteiger partial charge on any atom is 0.0700 e. The molecule has 0 saturated heterocycles. The van der Waals surface area contributed by atoms with Crippen LogP contribution in [-0.4, -0.2) is 39.5 Å². The predicted molar refractivity (Wildman–Crippen MR) is 62.1 cm³/mol. The van der Waals surface area contributed by atoms with Crippen LogP contribution in [0.3, 0.4) is 0 Å². The third-order valence-corrected chi connectivity index (χ3v) is 2.92. The third-order valence-electron chi connectivity index (χ3n) is 2.92.